The fourth-order valence-electron chi connectivity index (χ4n) is 3.21. The van der Waals surface area contributed by atoms with Gasteiger partial charge < -0.3 is 5.32 Å². The van der Waals surface area contributed by atoms with Crippen LogP contribution in [0.15, 0.2) is 49.1 Å². The highest BCUT2D eigenvalue weighted by Gasteiger charge is 2.34. The number of carbonyl (C=O) groups excluding carboxylic acids is 1. The molecule has 30 heavy (non-hydrogen) atoms. The summed E-state index contributed by atoms with van der Waals surface area (Å²) in [6.45, 7) is 1.68. The van der Waals surface area contributed by atoms with Crippen molar-refractivity contribution in [1.29, 1.82) is 0 Å². The first-order valence-electron chi connectivity index (χ1n) is 9.44. The first-order valence-corrected chi connectivity index (χ1v) is 9.44. The Morgan fingerprint density at radius 3 is 2.40 bits per heavy atom. The monoisotopic (exact) mass is 413 g/mol. The molecule has 4 rings (SSSR count). The Hall–Kier alpha value is -3.36. The molecular formula is C21H18F3N5O. The Morgan fingerprint density at radius 2 is 1.73 bits per heavy atom. The summed E-state index contributed by atoms with van der Waals surface area (Å²) in [6.07, 6.45) is 3.22. The lowest BCUT2D eigenvalue weighted by molar-refractivity contribution is -0.137. The van der Waals surface area contributed by atoms with E-state index >= 15 is 0 Å². The van der Waals surface area contributed by atoms with Gasteiger partial charge in [0.2, 0.25) is 0 Å². The van der Waals surface area contributed by atoms with Crippen molar-refractivity contribution >= 4 is 5.91 Å². The summed E-state index contributed by atoms with van der Waals surface area (Å²) in [7, 11) is 0. The lowest BCUT2D eigenvalue weighted by Crippen LogP contribution is -2.28. The molecule has 0 saturated heterocycles. The fraction of sp³-hybridized carbons (Fsp3) is 0.286. The molecule has 1 aromatic carbocycles. The molecule has 1 atom stereocenters. The zero-order valence-corrected chi connectivity index (χ0v) is 16.0. The van der Waals surface area contributed by atoms with E-state index in [0.29, 0.717) is 22.8 Å². The van der Waals surface area contributed by atoms with Gasteiger partial charge in [0.05, 0.1) is 17.3 Å². The van der Waals surface area contributed by atoms with Crippen molar-refractivity contribution < 1.29 is 18.0 Å². The lowest BCUT2D eigenvalue weighted by atomic mass is 10.0. The summed E-state index contributed by atoms with van der Waals surface area (Å²) in [6, 6.07) is 4.59. The SMILES string of the molecule is CC(NC(=O)c1cc(C2CC2)cc(C(F)(F)F)c1)c1nccnc1-c1ncccn1. The number of rotatable bonds is 5. The third-order valence-electron chi connectivity index (χ3n) is 4.86. The summed E-state index contributed by atoms with van der Waals surface area (Å²) in [4.78, 5) is 29.6. The molecule has 2 aromatic heterocycles. The first kappa shape index (κ1) is 19.9. The van der Waals surface area contributed by atoms with Gasteiger partial charge in [-0.15, -0.1) is 0 Å². The maximum atomic E-state index is 13.3. The number of amides is 1. The summed E-state index contributed by atoms with van der Waals surface area (Å²) in [5, 5.41) is 2.72. The molecule has 1 aliphatic rings. The largest absolute Gasteiger partial charge is 0.416 e. The van der Waals surface area contributed by atoms with Gasteiger partial charge in [0.15, 0.2) is 5.82 Å². The Morgan fingerprint density at radius 1 is 1.03 bits per heavy atom. The summed E-state index contributed by atoms with van der Waals surface area (Å²) < 4.78 is 39.9. The molecule has 1 saturated carbocycles. The number of nitrogens with zero attached hydrogens (tertiary/aromatic N) is 4. The minimum absolute atomic E-state index is 0.0278. The molecular weight excluding hydrogens is 395 g/mol. The zero-order valence-electron chi connectivity index (χ0n) is 16.0. The molecule has 154 valence electrons. The van der Waals surface area contributed by atoms with Crippen LogP contribution in [0.4, 0.5) is 13.2 Å². The summed E-state index contributed by atoms with van der Waals surface area (Å²) in [5.74, 6) is -0.184. The minimum atomic E-state index is -4.52. The molecule has 2 heterocycles. The Balaban J connectivity index is 1.62. The van der Waals surface area contributed by atoms with Gasteiger partial charge in [0, 0.05) is 30.4 Å². The molecule has 0 aliphatic heterocycles. The molecule has 1 fully saturated rings. The van der Waals surface area contributed by atoms with E-state index in [1.807, 2.05) is 0 Å². The van der Waals surface area contributed by atoms with Gasteiger partial charge in [-0.25, -0.2) is 15.0 Å². The quantitative estimate of drug-likeness (QED) is 0.674. The van der Waals surface area contributed by atoms with Crippen LogP contribution in [0, 0.1) is 0 Å². The van der Waals surface area contributed by atoms with E-state index in [1.165, 1.54) is 18.5 Å². The Bertz CT molecular complexity index is 1070. The number of halogens is 3. The second-order valence-corrected chi connectivity index (χ2v) is 7.17. The van der Waals surface area contributed by atoms with Crippen molar-refractivity contribution in [3.8, 4) is 11.5 Å². The lowest BCUT2D eigenvalue weighted by Gasteiger charge is -2.17. The molecule has 1 N–H and O–H groups in total. The number of hydrogen-bond acceptors (Lipinski definition) is 5. The van der Waals surface area contributed by atoms with Crippen LogP contribution in [0.5, 0.6) is 0 Å². The van der Waals surface area contributed by atoms with Gasteiger partial charge in [-0.1, -0.05) is 0 Å². The molecule has 0 spiro atoms. The van der Waals surface area contributed by atoms with Crippen LogP contribution in [0.1, 0.15) is 58.9 Å². The van der Waals surface area contributed by atoms with Crippen LogP contribution in [-0.2, 0) is 6.18 Å². The molecule has 1 unspecified atom stereocenters. The number of hydrogen-bond donors (Lipinski definition) is 1. The standard InChI is InChI=1S/C21H18F3N5O/c1-12(17-18(26-8-7-25-17)19-27-5-2-6-28-19)29-20(30)15-9-14(13-3-4-13)10-16(11-15)21(22,23)24/h2,5-13H,3-4H2,1H3,(H,29,30). The van der Waals surface area contributed by atoms with Crippen molar-refractivity contribution in [3.05, 3.63) is 71.4 Å². The van der Waals surface area contributed by atoms with Crippen molar-refractivity contribution in [2.24, 2.45) is 0 Å². The highest BCUT2D eigenvalue weighted by Crippen LogP contribution is 2.42. The smallest absolute Gasteiger partial charge is 0.344 e. The average molecular weight is 413 g/mol. The molecule has 0 bridgehead atoms. The molecule has 1 amide bonds. The molecule has 9 heteroatoms. The van der Waals surface area contributed by atoms with Gasteiger partial charge >= 0.3 is 6.18 Å². The maximum Gasteiger partial charge on any atom is 0.416 e. The van der Waals surface area contributed by atoms with Crippen molar-refractivity contribution in [1.82, 2.24) is 25.3 Å². The molecule has 3 aromatic rings. The summed E-state index contributed by atoms with van der Waals surface area (Å²) in [5.41, 5.74) is 0.517. The van der Waals surface area contributed by atoms with Gasteiger partial charge in [-0.2, -0.15) is 13.2 Å². The second kappa shape index (κ2) is 7.81. The van der Waals surface area contributed by atoms with Crippen LogP contribution in [0.25, 0.3) is 11.5 Å². The van der Waals surface area contributed by atoms with Crippen LogP contribution < -0.4 is 5.32 Å². The number of nitrogens with one attached hydrogen (secondary N) is 1. The van der Waals surface area contributed by atoms with E-state index in [1.54, 1.807) is 25.4 Å². The van der Waals surface area contributed by atoms with Crippen molar-refractivity contribution in [2.45, 2.75) is 37.9 Å². The highest BCUT2D eigenvalue weighted by molar-refractivity contribution is 5.95. The number of benzene rings is 1. The molecule has 1 aliphatic carbocycles. The van der Waals surface area contributed by atoms with Crippen LogP contribution in [0.3, 0.4) is 0 Å². The van der Waals surface area contributed by atoms with Gasteiger partial charge in [0.25, 0.3) is 5.91 Å². The predicted molar refractivity (Wildman–Crippen MR) is 102 cm³/mol. The van der Waals surface area contributed by atoms with Crippen LogP contribution >= 0.6 is 0 Å². The highest BCUT2D eigenvalue weighted by atomic mass is 19.4. The molecule has 0 radical (unpaired) electrons. The second-order valence-electron chi connectivity index (χ2n) is 7.17. The van der Waals surface area contributed by atoms with E-state index < -0.39 is 23.7 Å². The maximum absolute atomic E-state index is 13.3. The van der Waals surface area contributed by atoms with E-state index in [4.69, 9.17) is 0 Å². The van der Waals surface area contributed by atoms with Crippen molar-refractivity contribution in [2.75, 3.05) is 0 Å². The topological polar surface area (TPSA) is 80.7 Å². The number of aromatic nitrogens is 4. The van der Waals surface area contributed by atoms with Gasteiger partial charge in [-0.3, -0.25) is 9.78 Å². The third-order valence-corrected chi connectivity index (χ3v) is 4.86. The van der Waals surface area contributed by atoms with Crippen molar-refractivity contribution in [3.63, 3.8) is 0 Å². The van der Waals surface area contributed by atoms with E-state index in [0.717, 1.165) is 25.0 Å². The molecule has 6 nitrogen and oxygen atoms in total. The predicted octanol–water partition coefficient (Wildman–Crippen LogP) is 4.32. The van der Waals surface area contributed by atoms with Crippen LogP contribution in [-0.4, -0.2) is 25.8 Å². The Kier molecular flexibility index (Phi) is 5.19. The minimum Gasteiger partial charge on any atom is -0.344 e. The summed E-state index contributed by atoms with van der Waals surface area (Å²) >= 11 is 0. The zero-order chi connectivity index (χ0) is 21.3. The van der Waals surface area contributed by atoms with Gasteiger partial charge in [0.1, 0.15) is 5.69 Å². The van der Waals surface area contributed by atoms with Gasteiger partial charge in [-0.05, 0) is 55.5 Å². The fourth-order valence-corrected chi connectivity index (χ4v) is 3.21. The van der Waals surface area contributed by atoms with E-state index in [2.05, 4.69) is 25.3 Å². The normalized spacial score (nSPS) is 14.9. The van der Waals surface area contributed by atoms with E-state index in [9.17, 15) is 18.0 Å². The third kappa shape index (κ3) is 4.29. The number of carbonyl (C=O) groups is 1. The van der Waals surface area contributed by atoms with Crippen LogP contribution in [0.2, 0.25) is 0 Å². The number of alkyl halides is 3. The average Bonchev–Trinajstić information content (AvgIpc) is 3.59. The van der Waals surface area contributed by atoms with E-state index in [-0.39, 0.29) is 11.5 Å². The first-order chi connectivity index (χ1) is 14.3. The Labute approximate surface area is 170 Å².